The standard InChI is InChI=1S/C26H21Br2N3O2/c1-17-6-2-5-9-24(17)30-26(32)31-29-15-19-13-22(27)25(23(28)14-19)33-16-18-10-11-20-7-3-4-8-21(20)12-18/h2-15H,16H2,1H3,(H2,30,31,32). The highest BCUT2D eigenvalue weighted by Crippen LogP contribution is 2.35. The highest BCUT2D eigenvalue weighted by molar-refractivity contribution is 9.11. The number of urea groups is 1. The zero-order valence-electron chi connectivity index (χ0n) is 17.8. The number of fused-ring (bicyclic) bond motifs is 1. The van der Waals surface area contributed by atoms with Crippen molar-refractivity contribution >= 4 is 60.6 Å². The minimum atomic E-state index is -0.408. The molecule has 0 atom stereocenters. The number of ether oxygens (including phenoxy) is 1. The molecule has 0 aliphatic carbocycles. The van der Waals surface area contributed by atoms with Gasteiger partial charge in [-0.25, -0.2) is 10.2 Å². The van der Waals surface area contributed by atoms with Crippen LogP contribution in [0.1, 0.15) is 16.7 Å². The van der Waals surface area contributed by atoms with Gasteiger partial charge in [0.2, 0.25) is 0 Å². The van der Waals surface area contributed by atoms with Crippen LogP contribution in [0.2, 0.25) is 0 Å². The Bertz CT molecular complexity index is 1320. The predicted octanol–water partition coefficient (Wildman–Crippen LogP) is 7.41. The molecule has 0 aliphatic rings. The van der Waals surface area contributed by atoms with Crippen molar-refractivity contribution in [1.29, 1.82) is 0 Å². The SMILES string of the molecule is Cc1ccccc1NC(=O)NN=Cc1cc(Br)c(OCc2ccc3ccccc3c2)c(Br)c1. The fourth-order valence-electron chi connectivity index (χ4n) is 3.30. The summed E-state index contributed by atoms with van der Waals surface area (Å²) in [4.78, 5) is 12.1. The van der Waals surface area contributed by atoms with Crippen molar-refractivity contribution in [1.82, 2.24) is 5.43 Å². The smallest absolute Gasteiger partial charge is 0.339 e. The maximum absolute atomic E-state index is 12.1. The molecule has 0 saturated heterocycles. The van der Waals surface area contributed by atoms with Gasteiger partial charge in [-0.2, -0.15) is 5.10 Å². The lowest BCUT2D eigenvalue weighted by molar-refractivity contribution is 0.252. The molecule has 166 valence electrons. The van der Waals surface area contributed by atoms with E-state index in [1.165, 1.54) is 10.8 Å². The summed E-state index contributed by atoms with van der Waals surface area (Å²) < 4.78 is 7.62. The molecule has 4 aromatic carbocycles. The van der Waals surface area contributed by atoms with E-state index in [0.717, 1.165) is 31.3 Å². The van der Waals surface area contributed by atoms with Crippen molar-refractivity contribution in [2.45, 2.75) is 13.5 Å². The normalized spacial score (nSPS) is 11.0. The van der Waals surface area contributed by atoms with Crippen LogP contribution in [0.25, 0.3) is 10.8 Å². The third-order valence-electron chi connectivity index (χ3n) is 4.99. The molecular formula is C26H21Br2N3O2. The van der Waals surface area contributed by atoms with Crippen LogP contribution in [-0.2, 0) is 6.61 Å². The van der Waals surface area contributed by atoms with Crippen molar-refractivity contribution in [2.24, 2.45) is 5.10 Å². The fourth-order valence-corrected chi connectivity index (χ4v) is 4.76. The molecule has 7 heteroatoms. The number of nitrogens with one attached hydrogen (secondary N) is 2. The fraction of sp³-hybridized carbons (Fsp3) is 0.0769. The number of anilines is 1. The van der Waals surface area contributed by atoms with E-state index < -0.39 is 6.03 Å². The first-order valence-corrected chi connectivity index (χ1v) is 11.8. The average molecular weight is 567 g/mol. The van der Waals surface area contributed by atoms with Gasteiger partial charge in [-0.15, -0.1) is 0 Å². The first-order chi connectivity index (χ1) is 16.0. The van der Waals surface area contributed by atoms with E-state index in [1.54, 1.807) is 6.21 Å². The van der Waals surface area contributed by atoms with Crippen LogP contribution in [0.3, 0.4) is 0 Å². The van der Waals surface area contributed by atoms with Gasteiger partial charge in [0.05, 0.1) is 15.2 Å². The zero-order valence-corrected chi connectivity index (χ0v) is 21.0. The van der Waals surface area contributed by atoms with E-state index in [-0.39, 0.29) is 0 Å². The lowest BCUT2D eigenvalue weighted by Gasteiger charge is -2.12. The number of rotatable bonds is 6. The highest BCUT2D eigenvalue weighted by Gasteiger charge is 2.10. The third-order valence-corrected chi connectivity index (χ3v) is 6.17. The third kappa shape index (κ3) is 6.00. The van der Waals surface area contributed by atoms with E-state index in [4.69, 9.17) is 4.74 Å². The second-order valence-electron chi connectivity index (χ2n) is 7.42. The number of nitrogens with zero attached hydrogens (tertiary/aromatic N) is 1. The number of carbonyl (C=O) groups excluding carboxylic acids is 1. The van der Waals surface area contributed by atoms with Crippen LogP contribution in [-0.4, -0.2) is 12.2 Å². The van der Waals surface area contributed by atoms with Crippen molar-refractivity contribution in [2.75, 3.05) is 5.32 Å². The van der Waals surface area contributed by atoms with Crippen LogP contribution in [0.4, 0.5) is 10.5 Å². The summed E-state index contributed by atoms with van der Waals surface area (Å²) in [6.45, 7) is 2.37. The number of hydrogen-bond donors (Lipinski definition) is 2. The van der Waals surface area contributed by atoms with Gasteiger partial charge < -0.3 is 10.1 Å². The van der Waals surface area contributed by atoms with E-state index in [1.807, 2.05) is 55.5 Å². The molecule has 0 unspecified atom stereocenters. The molecule has 0 spiro atoms. The number of hydrazone groups is 1. The Morgan fingerprint density at radius 1 is 0.939 bits per heavy atom. The Morgan fingerprint density at radius 2 is 1.64 bits per heavy atom. The van der Waals surface area contributed by atoms with Gasteiger partial charge in [0, 0.05) is 5.69 Å². The van der Waals surface area contributed by atoms with Crippen LogP contribution in [0, 0.1) is 6.92 Å². The Morgan fingerprint density at radius 3 is 2.39 bits per heavy atom. The van der Waals surface area contributed by atoms with Gasteiger partial charge in [-0.05, 0) is 90.5 Å². The van der Waals surface area contributed by atoms with Gasteiger partial charge in [0.25, 0.3) is 0 Å². The molecule has 4 rings (SSSR count). The number of amides is 2. The average Bonchev–Trinajstić information content (AvgIpc) is 2.80. The summed E-state index contributed by atoms with van der Waals surface area (Å²) in [7, 11) is 0. The molecule has 0 heterocycles. The van der Waals surface area contributed by atoms with Crippen LogP contribution in [0.15, 0.2) is 92.9 Å². The van der Waals surface area contributed by atoms with Crippen LogP contribution >= 0.6 is 31.9 Å². The maximum atomic E-state index is 12.1. The topological polar surface area (TPSA) is 62.7 Å². The molecule has 2 amide bonds. The predicted molar refractivity (Wildman–Crippen MR) is 141 cm³/mol. The van der Waals surface area contributed by atoms with Crippen LogP contribution in [0.5, 0.6) is 5.75 Å². The summed E-state index contributed by atoms with van der Waals surface area (Å²) in [6.07, 6.45) is 1.57. The van der Waals surface area contributed by atoms with Gasteiger partial charge in [0.15, 0.2) is 0 Å². The number of carbonyl (C=O) groups is 1. The van der Waals surface area contributed by atoms with E-state index >= 15 is 0 Å². The Balaban J connectivity index is 1.38. The van der Waals surface area contributed by atoms with E-state index in [0.29, 0.717) is 12.4 Å². The lowest BCUT2D eigenvalue weighted by Crippen LogP contribution is -2.24. The van der Waals surface area contributed by atoms with Gasteiger partial charge >= 0.3 is 6.03 Å². The number of aryl methyl sites for hydroxylation is 1. The van der Waals surface area contributed by atoms with Crippen molar-refractivity contribution < 1.29 is 9.53 Å². The molecule has 5 nitrogen and oxygen atoms in total. The first-order valence-electron chi connectivity index (χ1n) is 10.2. The largest absolute Gasteiger partial charge is 0.487 e. The quantitative estimate of drug-likeness (QED) is 0.188. The number of halogens is 2. The summed E-state index contributed by atoms with van der Waals surface area (Å²) in [5.74, 6) is 0.700. The molecular weight excluding hydrogens is 546 g/mol. The molecule has 0 aliphatic heterocycles. The van der Waals surface area contributed by atoms with Crippen molar-refractivity contribution in [3.63, 3.8) is 0 Å². The first kappa shape index (κ1) is 23.0. The summed E-state index contributed by atoms with van der Waals surface area (Å²) in [5, 5.41) is 9.19. The van der Waals surface area contributed by atoms with Gasteiger partial charge in [-0.1, -0.05) is 54.6 Å². The van der Waals surface area contributed by atoms with Crippen LogP contribution < -0.4 is 15.5 Å². The number of para-hydroxylation sites is 1. The molecule has 0 radical (unpaired) electrons. The Labute approximate surface area is 209 Å². The van der Waals surface area contributed by atoms with Gasteiger partial charge in [0.1, 0.15) is 12.4 Å². The molecule has 0 fully saturated rings. The Hall–Kier alpha value is -3.16. The van der Waals surface area contributed by atoms with Crippen molar-refractivity contribution in [3.05, 3.63) is 104 Å². The lowest BCUT2D eigenvalue weighted by atomic mass is 10.1. The van der Waals surface area contributed by atoms with E-state index in [2.05, 4.69) is 78.0 Å². The van der Waals surface area contributed by atoms with Gasteiger partial charge in [-0.3, -0.25) is 0 Å². The molecule has 33 heavy (non-hydrogen) atoms. The molecule has 0 bridgehead atoms. The minimum absolute atomic E-state index is 0.408. The Kier molecular flexibility index (Phi) is 7.42. The highest BCUT2D eigenvalue weighted by atomic mass is 79.9. The second-order valence-corrected chi connectivity index (χ2v) is 9.13. The molecule has 2 N–H and O–H groups in total. The molecule has 0 saturated carbocycles. The summed E-state index contributed by atoms with van der Waals surface area (Å²) >= 11 is 7.14. The number of benzene rings is 4. The second kappa shape index (κ2) is 10.6. The molecule has 0 aromatic heterocycles. The zero-order chi connectivity index (χ0) is 23.2. The summed E-state index contributed by atoms with van der Waals surface area (Å²) in [6, 6.07) is 25.4. The monoisotopic (exact) mass is 565 g/mol. The maximum Gasteiger partial charge on any atom is 0.339 e. The molecule has 4 aromatic rings. The van der Waals surface area contributed by atoms with E-state index in [9.17, 15) is 4.79 Å². The summed E-state index contributed by atoms with van der Waals surface area (Å²) in [5.41, 5.74) is 6.07. The van der Waals surface area contributed by atoms with Crippen molar-refractivity contribution in [3.8, 4) is 5.75 Å². The minimum Gasteiger partial charge on any atom is -0.487 e. The number of hydrogen-bond acceptors (Lipinski definition) is 3.